The van der Waals surface area contributed by atoms with Crippen LogP contribution in [0.25, 0.3) is 10.2 Å². The number of nitrogens with zero attached hydrogens (tertiary/aromatic N) is 3. The molecule has 1 fully saturated rings. The maximum Gasteiger partial charge on any atom is 0.243 e. The van der Waals surface area contributed by atoms with Crippen LogP contribution in [0.2, 0.25) is 0 Å². The maximum atomic E-state index is 14.0. The van der Waals surface area contributed by atoms with Crippen LogP contribution in [0.4, 0.5) is 0 Å². The number of thiazole rings is 1. The lowest BCUT2D eigenvalue weighted by molar-refractivity contribution is -0.137. The Labute approximate surface area is 284 Å². The molecule has 0 saturated carbocycles. The van der Waals surface area contributed by atoms with Gasteiger partial charge in [0.15, 0.2) is 22.5 Å². The molecule has 0 bridgehead atoms. The third-order valence-electron chi connectivity index (χ3n) is 8.11. The van der Waals surface area contributed by atoms with Gasteiger partial charge in [-0.1, -0.05) is 26.0 Å². The number of carbonyl (C=O) groups excluding carboxylic acids is 6. The second kappa shape index (κ2) is 18.2. The molecule has 0 spiro atoms. The molecule has 1 aliphatic heterocycles. The van der Waals surface area contributed by atoms with Gasteiger partial charge in [0.05, 0.1) is 22.7 Å². The van der Waals surface area contributed by atoms with Crippen LogP contribution in [0.3, 0.4) is 0 Å². The van der Waals surface area contributed by atoms with Crippen LogP contribution in [-0.4, -0.2) is 89.3 Å². The van der Waals surface area contributed by atoms with E-state index in [2.05, 4.69) is 25.9 Å². The smallest absolute Gasteiger partial charge is 0.243 e. The van der Waals surface area contributed by atoms with Gasteiger partial charge in [0, 0.05) is 39.4 Å². The van der Waals surface area contributed by atoms with Crippen LogP contribution in [0.1, 0.15) is 81.9 Å². The van der Waals surface area contributed by atoms with Gasteiger partial charge in [-0.3, -0.25) is 33.8 Å². The molecule has 2 aromatic rings. The van der Waals surface area contributed by atoms with E-state index in [-0.39, 0.29) is 61.6 Å². The van der Waals surface area contributed by atoms with Crippen molar-refractivity contribution >= 4 is 62.7 Å². The second-order valence-corrected chi connectivity index (χ2v) is 13.7. The van der Waals surface area contributed by atoms with Crippen molar-refractivity contribution in [1.29, 1.82) is 0 Å². The van der Waals surface area contributed by atoms with Crippen molar-refractivity contribution in [3.05, 3.63) is 29.3 Å². The van der Waals surface area contributed by atoms with Gasteiger partial charge in [-0.15, -0.1) is 11.3 Å². The van der Waals surface area contributed by atoms with E-state index in [1.807, 2.05) is 38.1 Å². The second-order valence-electron chi connectivity index (χ2n) is 12.7. The molecule has 2 heterocycles. The predicted molar refractivity (Wildman–Crippen MR) is 184 cm³/mol. The van der Waals surface area contributed by atoms with Gasteiger partial charge in [-0.25, -0.2) is 4.98 Å². The quantitative estimate of drug-likeness (QED) is 0.0949. The third-order valence-corrected chi connectivity index (χ3v) is 9.16. The van der Waals surface area contributed by atoms with Crippen LogP contribution in [-0.2, 0) is 24.0 Å². The molecule has 0 radical (unpaired) electrons. The maximum absolute atomic E-state index is 14.0. The van der Waals surface area contributed by atoms with Crippen LogP contribution >= 0.6 is 11.3 Å². The number of ketones is 2. The molecule has 1 aliphatic rings. The van der Waals surface area contributed by atoms with Crippen molar-refractivity contribution in [2.45, 2.75) is 90.3 Å². The lowest BCUT2D eigenvalue weighted by Crippen LogP contribution is -2.56. The van der Waals surface area contributed by atoms with E-state index < -0.39 is 41.8 Å². The fourth-order valence-electron chi connectivity index (χ4n) is 5.58. The van der Waals surface area contributed by atoms with Gasteiger partial charge < -0.3 is 32.3 Å². The average Bonchev–Trinajstić information content (AvgIpc) is 3.46. The number of benzene rings is 1. The Bertz CT molecular complexity index is 1470. The van der Waals surface area contributed by atoms with Crippen molar-refractivity contribution in [3.8, 4) is 0 Å². The standard InChI is InChI=1S/C33H48N8O6S/c1-19(2)16-24-30(46)38-22(11-7-8-15-41(4)28(44)18-25(31(47)39-24)37-20(3)42)26(43)17-21(10-9-14-36-33(34)35)29(45)32-40-23-12-5-6-13-27(23)48-32/h5-6,12-13,19,21-22,24-25H,7-11,14-18H2,1-4H3,(H,37,42)(H,38,46)(H,39,47)(H4,34,35,36)/t21-,22+,24+,25+/m1/s1. The molecule has 14 nitrogen and oxygen atoms in total. The molecule has 4 atom stereocenters. The topological polar surface area (TPSA) is 219 Å². The Morgan fingerprint density at radius 2 is 1.83 bits per heavy atom. The molecule has 48 heavy (non-hydrogen) atoms. The number of carbonyl (C=O) groups is 6. The van der Waals surface area contributed by atoms with Crippen molar-refractivity contribution in [2.24, 2.45) is 28.3 Å². The first-order valence-electron chi connectivity index (χ1n) is 16.3. The Hall–Kier alpha value is -4.40. The van der Waals surface area contributed by atoms with Crippen molar-refractivity contribution in [3.63, 3.8) is 0 Å². The summed E-state index contributed by atoms with van der Waals surface area (Å²) in [5.74, 6) is -3.46. The number of nitrogens with one attached hydrogen (secondary N) is 3. The zero-order valence-corrected chi connectivity index (χ0v) is 28.9. The molecule has 3 rings (SSSR count). The monoisotopic (exact) mass is 684 g/mol. The van der Waals surface area contributed by atoms with Crippen LogP contribution in [0.5, 0.6) is 0 Å². The minimum absolute atomic E-state index is 0.0119. The highest BCUT2D eigenvalue weighted by Gasteiger charge is 2.33. The highest BCUT2D eigenvalue weighted by Crippen LogP contribution is 2.27. The molecule has 7 N–H and O–H groups in total. The largest absolute Gasteiger partial charge is 0.370 e. The summed E-state index contributed by atoms with van der Waals surface area (Å²) in [6.07, 6.45) is 1.93. The number of Topliss-reactive ketones (excluding diaryl/α,β-unsaturated/α-hetero) is 2. The lowest BCUT2D eigenvalue weighted by Gasteiger charge is -2.28. The number of hydrogen-bond acceptors (Lipinski definition) is 9. The van der Waals surface area contributed by atoms with E-state index in [4.69, 9.17) is 11.5 Å². The summed E-state index contributed by atoms with van der Waals surface area (Å²) < 4.78 is 0.854. The fraction of sp³-hybridized carbons (Fsp3) is 0.576. The number of aliphatic imine (C=N–C) groups is 1. The van der Waals surface area contributed by atoms with Crippen LogP contribution < -0.4 is 27.4 Å². The third kappa shape index (κ3) is 11.7. The van der Waals surface area contributed by atoms with Gasteiger partial charge in [-0.05, 0) is 56.6 Å². The fourth-order valence-corrected chi connectivity index (χ4v) is 6.56. The molecular weight excluding hydrogens is 636 g/mol. The molecule has 0 unspecified atom stereocenters. The van der Waals surface area contributed by atoms with E-state index in [0.29, 0.717) is 42.8 Å². The molecule has 4 amide bonds. The number of rotatable bonds is 12. The minimum atomic E-state index is -1.17. The summed E-state index contributed by atoms with van der Waals surface area (Å²) in [6, 6.07) is 4.26. The first kappa shape index (κ1) is 38.1. The van der Waals surface area contributed by atoms with Crippen molar-refractivity contribution in [2.75, 3.05) is 20.1 Å². The van der Waals surface area contributed by atoms with Gasteiger partial charge in [0.25, 0.3) is 0 Å². The lowest BCUT2D eigenvalue weighted by atomic mass is 9.89. The molecule has 0 aliphatic carbocycles. The Kier molecular flexibility index (Phi) is 14.4. The number of para-hydroxylation sites is 1. The normalized spacial score (nSPS) is 20.4. The summed E-state index contributed by atoms with van der Waals surface area (Å²) in [6.45, 7) is 5.65. The van der Waals surface area contributed by atoms with Gasteiger partial charge >= 0.3 is 0 Å². The molecule has 15 heteroatoms. The number of fused-ring (bicyclic) bond motifs is 1. The highest BCUT2D eigenvalue weighted by atomic mass is 32.1. The van der Waals surface area contributed by atoms with Crippen LogP contribution in [0.15, 0.2) is 29.3 Å². The molecular formula is C33H48N8O6S. The number of amides is 4. The zero-order chi connectivity index (χ0) is 35.4. The number of hydrogen-bond donors (Lipinski definition) is 5. The predicted octanol–water partition coefficient (Wildman–Crippen LogP) is 1.66. The Morgan fingerprint density at radius 3 is 2.50 bits per heavy atom. The number of aromatic nitrogens is 1. The molecule has 1 saturated heterocycles. The van der Waals surface area contributed by atoms with Crippen molar-refractivity contribution in [1.82, 2.24) is 25.8 Å². The summed E-state index contributed by atoms with van der Waals surface area (Å²) in [4.78, 5) is 89.6. The molecule has 1 aromatic heterocycles. The van der Waals surface area contributed by atoms with E-state index >= 15 is 0 Å². The van der Waals surface area contributed by atoms with E-state index in [1.165, 1.54) is 23.2 Å². The first-order valence-corrected chi connectivity index (χ1v) is 17.2. The number of guanidine groups is 1. The average molecular weight is 685 g/mol. The Morgan fingerprint density at radius 1 is 1.10 bits per heavy atom. The molecule has 1 aromatic carbocycles. The Balaban J connectivity index is 1.88. The van der Waals surface area contributed by atoms with E-state index in [0.717, 1.165) is 4.70 Å². The summed E-state index contributed by atoms with van der Waals surface area (Å²) in [5.41, 5.74) is 11.6. The summed E-state index contributed by atoms with van der Waals surface area (Å²) in [5, 5.41) is 8.37. The SMILES string of the molecule is CC(=O)N[C@H]1CC(=O)N(C)CCCC[C@@H](C(=O)C[C@@H](CCCN=C(N)N)C(=O)c2nc3ccccc3s2)NC(=O)[C@H](CC(C)C)NC1=O. The zero-order valence-electron chi connectivity index (χ0n) is 28.1. The van der Waals surface area contributed by atoms with Gasteiger partial charge in [0.2, 0.25) is 23.6 Å². The highest BCUT2D eigenvalue weighted by molar-refractivity contribution is 7.20. The van der Waals surface area contributed by atoms with Crippen LogP contribution in [0, 0.1) is 11.8 Å². The number of nitrogens with two attached hydrogens (primary N) is 2. The van der Waals surface area contributed by atoms with Gasteiger partial charge in [-0.2, -0.15) is 0 Å². The van der Waals surface area contributed by atoms with E-state index in [9.17, 15) is 28.8 Å². The molecule has 262 valence electrons. The van der Waals surface area contributed by atoms with E-state index in [1.54, 1.807) is 7.05 Å². The van der Waals surface area contributed by atoms with Crippen molar-refractivity contribution < 1.29 is 28.8 Å². The summed E-state index contributed by atoms with van der Waals surface area (Å²) in [7, 11) is 1.61. The first-order chi connectivity index (χ1) is 22.7. The van der Waals surface area contributed by atoms with Gasteiger partial charge in [0.1, 0.15) is 12.1 Å². The minimum Gasteiger partial charge on any atom is -0.370 e. The summed E-state index contributed by atoms with van der Waals surface area (Å²) >= 11 is 1.26.